The van der Waals surface area contributed by atoms with E-state index in [1.807, 2.05) is 0 Å². The number of benzene rings is 3. The lowest BCUT2D eigenvalue weighted by atomic mass is 10.1. The van der Waals surface area contributed by atoms with E-state index in [0.717, 1.165) is 19.4 Å². The molecule has 0 atom stereocenters. The van der Waals surface area contributed by atoms with Crippen LogP contribution in [0.15, 0.2) is 99.1 Å². The van der Waals surface area contributed by atoms with Crippen LogP contribution in [0, 0.1) is 23.3 Å². The standard InChI is InChI=1S/2C12H8N6O4.C8H2F4O4/c2*19-11(21-17-7-13-5-15-17)9-1-2-10(4-3-9)12(20)22-18-8-14-6-16-18;9-3-1(7(13)14)4(10)6(12)2(5(3)11)8(15)16/h2*1-8H;(H,13,14)(H,15,16). The van der Waals surface area contributed by atoms with Gasteiger partial charge in [0.25, 0.3) is 0 Å². The molecule has 4 aromatic heterocycles. The first-order chi connectivity index (χ1) is 28.7. The van der Waals surface area contributed by atoms with Crippen LogP contribution >= 0.6 is 0 Å². The van der Waals surface area contributed by atoms with E-state index >= 15 is 0 Å². The summed E-state index contributed by atoms with van der Waals surface area (Å²) < 4.78 is 51.6. The van der Waals surface area contributed by atoms with Crippen LogP contribution in [0.25, 0.3) is 0 Å². The van der Waals surface area contributed by atoms with E-state index in [9.17, 15) is 46.3 Å². The molecule has 4 heterocycles. The Balaban J connectivity index is 0.000000174. The fraction of sp³-hybridized carbons (Fsp3) is 0. The molecule has 0 bridgehead atoms. The molecule has 0 saturated carbocycles. The molecule has 7 aromatic rings. The van der Waals surface area contributed by atoms with Gasteiger partial charge < -0.3 is 29.6 Å². The van der Waals surface area contributed by atoms with Gasteiger partial charge in [-0.3, -0.25) is 0 Å². The Bertz CT molecular complexity index is 2270. The summed E-state index contributed by atoms with van der Waals surface area (Å²) in [5, 5.41) is 31.1. The molecule has 0 radical (unpaired) electrons. The third kappa shape index (κ3) is 10.5. The number of carbonyl (C=O) groups is 6. The van der Waals surface area contributed by atoms with Gasteiger partial charge in [0, 0.05) is 0 Å². The molecule has 24 nitrogen and oxygen atoms in total. The molecule has 2 N–H and O–H groups in total. The van der Waals surface area contributed by atoms with Gasteiger partial charge in [-0.15, -0.1) is 20.4 Å². The van der Waals surface area contributed by atoms with Crippen molar-refractivity contribution < 1.29 is 75.9 Å². The zero-order chi connectivity index (χ0) is 43.3. The second kappa shape index (κ2) is 19.1. The number of halogens is 4. The van der Waals surface area contributed by atoms with Gasteiger partial charge in [0.2, 0.25) is 0 Å². The summed E-state index contributed by atoms with van der Waals surface area (Å²) in [6.07, 6.45) is 9.88. The van der Waals surface area contributed by atoms with Gasteiger partial charge in [0.15, 0.2) is 48.6 Å². The van der Waals surface area contributed by atoms with Gasteiger partial charge in [0.1, 0.15) is 36.4 Å². The minimum Gasteiger partial charge on any atom is -0.477 e. The molecular weight excluding hydrogens is 820 g/mol. The van der Waals surface area contributed by atoms with Crippen molar-refractivity contribution in [1.82, 2.24) is 59.7 Å². The number of hydrogen-bond donors (Lipinski definition) is 2. The summed E-state index contributed by atoms with van der Waals surface area (Å²) >= 11 is 0. The van der Waals surface area contributed by atoms with Crippen molar-refractivity contribution in [2.45, 2.75) is 0 Å². The number of nitrogens with zero attached hydrogens (tertiary/aromatic N) is 12. The lowest BCUT2D eigenvalue weighted by Gasteiger charge is -2.05. The maximum Gasteiger partial charge on any atom is 0.365 e. The highest BCUT2D eigenvalue weighted by atomic mass is 19.2. The summed E-state index contributed by atoms with van der Waals surface area (Å²) in [6.45, 7) is 0. The van der Waals surface area contributed by atoms with Crippen molar-refractivity contribution in [3.05, 3.63) is 156 Å². The Morgan fingerprint density at radius 3 is 0.750 bits per heavy atom. The molecule has 0 amide bonds. The van der Waals surface area contributed by atoms with Crippen LogP contribution in [-0.4, -0.2) is 106 Å². The fourth-order valence-electron chi connectivity index (χ4n) is 4.02. The van der Waals surface area contributed by atoms with Crippen LogP contribution in [-0.2, 0) is 0 Å². The molecule has 0 unspecified atom stereocenters. The Labute approximate surface area is 327 Å². The first kappa shape index (κ1) is 41.9. The highest BCUT2D eigenvalue weighted by molar-refractivity contribution is 5.95. The Hall–Kier alpha value is -9.24. The van der Waals surface area contributed by atoms with Gasteiger partial charge in [-0.05, 0) is 48.5 Å². The minimum absolute atomic E-state index is 0.243. The first-order valence-corrected chi connectivity index (χ1v) is 15.5. The van der Waals surface area contributed by atoms with Gasteiger partial charge in [0.05, 0.1) is 22.3 Å². The number of carbonyl (C=O) groups excluding carboxylic acids is 4. The second-order valence-electron chi connectivity index (χ2n) is 10.5. The van der Waals surface area contributed by atoms with Crippen LogP contribution in [0.5, 0.6) is 0 Å². The lowest BCUT2D eigenvalue weighted by molar-refractivity contribution is 0.0378. The van der Waals surface area contributed by atoms with Gasteiger partial charge in [-0.1, -0.05) is 19.4 Å². The van der Waals surface area contributed by atoms with Crippen molar-refractivity contribution in [2.75, 3.05) is 0 Å². The lowest BCUT2D eigenvalue weighted by Crippen LogP contribution is -2.21. The van der Waals surface area contributed by atoms with E-state index in [2.05, 4.69) is 40.3 Å². The number of hydrogen-bond acceptors (Lipinski definition) is 18. The monoisotopic (exact) mass is 838 g/mol. The number of aromatic carboxylic acids is 2. The van der Waals surface area contributed by atoms with Crippen molar-refractivity contribution in [3.8, 4) is 0 Å². The molecule has 0 aliphatic rings. The zero-order valence-electron chi connectivity index (χ0n) is 29.1. The van der Waals surface area contributed by atoms with E-state index in [0.29, 0.717) is 0 Å². The summed E-state index contributed by atoms with van der Waals surface area (Å²) in [7, 11) is 0. The molecule has 7 rings (SSSR count). The normalized spacial score (nSPS) is 10.2. The summed E-state index contributed by atoms with van der Waals surface area (Å²) in [5.41, 5.74) is -2.78. The van der Waals surface area contributed by atoms with Crippen molar-refractivity contribution >= 4 is 35.8 Å². The van der Waals surface area contributed by atoms with Crippen LogP contribution in [0.1, 0.15) is 62.1 Å². The Morgan fingerprint density at radius 2 is 0.600 bits per heavy atom. The van der Waals surface area contributed by atoms with E-state index < -0.39 is 70.2 Å². The molecule has 60 heavy (non-hydrogen) atoms. The average Bonchev–Trinajstić information content (AvgIpc) is 4.09. The molecule has 0 spiro atoms. The molecule has 306 valence electrons. The number of carboxylic acids is 2. The number of aromatic nitrogens is 12. The summed E-state index contributed by atoms with van der Waals surface area (Å²) in [5.74, 6) is -16.1. The third-order valence-electron chi connectivity index (χ3n) is 6.70. The molecule has 3 aromatic carbocycles. The van der Waals surface area contributed by atoms with Crippen LogP contribution in [0.3, 0.4) is 0 Å². The topological polar surface area (TPSA) is 303 Å². The van der Waals surface area contributed by atoms with Crippen LogP contribution in [0.2, 0.25) is 0 Å². The van der Waals surface area contributed by atoms with Crippen LogP contribution < -0.4 is 19.4 Å². The highest BCUT2D eigenvalue weighted by Gasteiger charge is 2.32. The number of rotatable bonds is 10. The predicted octanol–water partition coefficient (Wildman–Crippen LogP) is 0.455. The van der Waals surface area contributed by atoms with E-state index in [1.54, 1.807) is 0 Å². The van der Waals surface area contributed by atoms with E-state index in [4.69, 9.17) is 29.6 Å². The highest BCUT2D eigenvalue weighted by Crippen LogP contribution is 2.24. The second-order valence-corrected chi connectivity index (χ2v) is 10.5. The van der Waals surface area contributed by atoms with Gasteiger partial charge in [-0.25, -0.2) is 66.3 Å². The number of carboxylic acid groups (broad SMARTS) is 2. The molecule has 0 saturated heterocycles. The molecule has 0 aliphatic heterocycles. The van der Waals surface area contributed by atoms with E-state index in [-0.39, 0.29) is 22.3 Å². The maximum atomic E-state index is 12.9. The third-order valence-corrected chi connectivity index (χ3v) is 6.70. The zero-order valence-corrected chi connectivity index (χ0v) is 29.1. The minimum atomic E-state index is -2.26. The quantitative estimate of drug-likeness (QED) is 0.140. The SMILES string of the molecule is O=C(O)c1c(F)c(F)c(C(=O)O)c(F)c1F.O=C(On1cncn1)c1ccc(C(=O)On2cncn2)cc1.O=C(On1cncn1)c1ccc(C(=O)On2cncn2)cc1. The van der Waals surface area contributed by atoms with Crippen molar-refractivity contribution in [2.24, 2.45) is 0 Å². The fourth-order valence-corrected chi connectivity index (χ4v) is 4.02. The van der Waals surface area contributed by atoms with Crippen molar-refractivity contribution in [3.63, 3.8) is 0 Å². The molecular formula is C32H18F4N12O12. The van der Waals surface area contributed by atoms with Gasteiger partial charge in [-0.2, -0.15) is 0 Å². The van der Waals surface area contributed by atoms with Gasteiger partial charge >= 0.3 is 35.8 Å². The largest absolute Gasteiger partial charge is 0.477 e. The Morgan fingerprint density at radius 1 is 0.400 bits per heavy atom. The first-order valence-electron chi connectivity index (χ1n) is 15.5. The van der Waals surface area contributed by atoms with E-state index in [1.165, 1.54) is 99.1 Å². The van der Waals surface area contributed by atoms with Crippen LogP contribution in [0.4, 0.5) is 17.6 Å². The Kier molecular flexibility index (Phi) is 13.3. The smallest absolute Gasteiger partial charge is 0.365 e. The molecule has 28 heteroatoms. The van der Waals surface area contributed by atoms with Crippen molar-refractivity contribution in [1.29, 1.82) is 0 Å². The maximum absolute atomic E-state index is 12.9. The average molecular weight is 839 g/mol. The summed E-state index contributed by atoms with van der Waals surface area (Å²) in [4.78, 5) is 106. The summed E-state index contributed by atoms with van der Waals surface area (Å²) in [6, 6.07) is 11.4. The molecule has 0 aliphatic carbocycles. The predicted molar refractivity (Wildman–Crippen MR) is 177 cm³/mol. The molecule has 0 fully saturated rings.